The Bertz CT molecular complexity index is 417. The molecule has 1 fully saturated rings. The highest BCUT2D eigenvalue weighted by Gasteiger charge is 2.16. The number of hydrogen-bond acceptors (Lipinski definition) is 2. The molecule has 2 heteroatoms. The van der Waals surface area contributed by atoms with Gasteiger partial charge in [0.2, 0.25) is 0 Å². The molecule has 18 heavy (non-hydrogen) atoms. The lowest BCUT2D eigenvalue weighted by atomic mass is 10.00. The van der Waals surface area contributed by atoms with Crippen LogP contribution in [-0.2, 0) is 16.0 Å². The lowest BCUT2D eigenvalue weighted by Gasteiger charge is -2.08. The van der Waals surface area contributed by atoms with Gasteiger partial charge in [0.15, 0.2) is 0 Å². The number of ketones is 1. The summed E-state index contributed by atoms with van der Waals surface area (Å²) in [5.41, 5.74) is 3.68. The predicted octanol–water partition coefficient (Wildman–Crippen LogP) is 3.37. The van der Waals surface area contributed by atoms with Crippen LogP contribution in [0.4, 0.5) is 0 Å². The van der Waals surface area contributed by atoms with Crippen LogP contribution >= 0.6 is 0 Å². The molecule has 2 nitrogen and oxygen atoms in total. The van der Waals surface area contributed by atoms with E-state index in [2.05, 4.69) is 32.0 Å². The lowest BCUT2D eigenvalue weighted by molar-refractivity contribution is -0.119. The van der Waals surface area contributed by atoms with Gasteiger partial charge < -0.3 is 4.74 Å². The monoisotopic (exact) mass is 246 g/mol. The fourth-order valence-electron chi connectivity index (χ4n) is 2.42. The van der Waals surface area contributed by atoms with E-state index in [1.54, 1.807) is 0 Å². The molecule has 0 aromatic heterocycles. The Labute approximate surface area is 109 Å². The van der Waals surface area contributed by atoms with Crippen molar-refractivity contribution in [2.75, 3.05) is 6.61 Å². The van der Waals surface area contributed by atoms with Gasteiger partial charge >= 0.3 is 0 Å². The van der Waals surface area contributed by atoms with Crippen molar-refractivity contribution in [2.24, 2.45) is 0 Å². The molecule has 0 N–H and O–H groups in total. The van der Waals surface area contributed by atoms with Crippen LogP contribution in [0.25, 0.3) is 0 Å². The number of benzene rings is 1. The van der Waals surface area contributed by atoms with Gasteiger partial charge in [-0.3, -0.25) is 4.79 Å². The molecular weight excluding hydrogens is 224 g/mol. The van der Waals surface area contributed by atoms with Crippen molar-refractivity contribution in [3.8, 4) is 0 Å². The molecule has 1 saturated heterocycles. The molecule has 1 aromatic rings. The van der Waals surface area contributed by atoms with Crippen molar-refractivity contribution in [1.82, 2.24) is 0 Å². The maximum Gasteiger partial charge on any atom is 0.137 e. The summed E-state index contributed by atoms with van der Waals surface area (Å²) in [5.74, 6) is 0.328. The molecule has 1 atom stereocenters. The maximum absolute atomic E-state index is 11.9. The minimum atomic E-state index is 0.328. The molecule has 98 valence electrons. The van der Waals surface area contributed by atoms with Crippen LogP contribution in [0, 0.1) is 13.8 Å². The Morgan fingerprint density at radius 1 is 1.33 bits per heavy atom. The molecule has 1 aliphatic heterocycles. The van der Waals surface area contributed by atoms with Crippen LogP contribution in [0.1, 0.15) is 42.4 Å². The number of ether oxygens (including phenoxy) is 1. The van der Waals surface area contributed by atoms with Crippen LogP contribution < -0.4 is 0 Å². The number of carbonyl (C=O) groups is 1. The molecule has 0 radical (unpaired) electrons. The molecule has 0 bridgehead atoms. The zero-order valence-corrected chi connectivity index (χ0v) is 11.4. The van der Waals surface area contributed by atoms with Gasteiger partial charge in [0.25, 0.3) is 0 Å². The van der Waals surface area contributed by atoms with E-state index >= 15 is 0 Å². The molecular formula is C16H22O2. The van der Waals surface area contributed by atoms with E-state index in [4.69, 9.17) is 4.74 Å². The van der Waals surface area contributed by atoms with Gasteiger partial charge in [-0.2, -0.15) is 0 Å². The van der Waals surface area contributed by atoms with E-state index in [1.165, 1.54) is 11.1 Å². The highest BCUT2D eigenvalue weighted by Crippen LogP contribution is 2.18. The third-order valence-electron chi connectivity index (χ3n) is 3.74. The third-order valence-corrected chi connectivity index (χ3v) is 3.74. The number of hydrogen-bond donors (Lipinski definition) is 0. The van der Waals surface area contributed by atoms with Crippen molar-refractivity contribution in [2.45, 2.75) is 52.1 Å². The summed E-state index contributed by atoms with van der Waals surface area (Å²) in [6.45, 7) is 5.06. The highest BCUT2D eigenvalue weighted by molar-refractivity contribution is 5.80. The topological polar surface area (TPSA) is 26.3 Å². The lowest BCUT2D eigenvalue weighted by Crippen LogP contribution is -2.10. The van der Waals surface area contributed by atoms with Gasteiger partial charge in [-0.15, -0.1) is 0 Å². The first-order valence-electron chi connectivity index (χ1n) is 6.84. The van der Waals surface area contributed by atoms with E-state index < -0.39 is 0 Å². The summed E-state index contributed by atoms with van der Waals surface area (Å²) >= 11 is 0. The van der Waals surface area contributed by atoms with Crippen LogP contribution in [0.2, 0.25) is 0 Å². The molecule has 0 aliphatic carbocycles. The quantitative estimate of drug-likeness (QED) is 0.796. The van der Waals surface area contributed by atoms with Crippen molar-refractivity contribution < 1.29 is 9.53 Å². The summed E-state index contributed by atoms with van der Waals surface area (Å²) in [6.07, 6.45) is 4.70. The molecule has 0 saturated carbocycles. The smallest absolute Gasteiger partial charge is 0.137 e. The Morgan fingerprint density at radius 3 is 2.83 bits per heavy atom. The predicted molar refractivity (Wildman–Crippen MR) is 72.8 cm³/mol. The van der Waals surface area contributed by atoms with E-state index in [0.717, 1.165) is 31.4 Å². The molecule has 1 aliphatic rings. The minimum Gasteiger partial charge on any atom is -0.378 e. The molecule has 0 amide bonds. The van der Waals surface area contributed by atoms with Crippen LogP contribution in [0.3, 0.4) is 0 Å². The summed E-state index contributed by atoms with van der Waals surface area (Å²) in [7, 11) is 0. The SMILES string of the molecule is Cc1ccc(CC(=O)CCC2CCCO2)cc1C. The second kappa shape index (κ2) is 6.14. The molecule has 1 aromatic carbocycles. The third kappa shape index (κ3) is 3.67. The van der Waals surface area contributed by atoms with Crippen molar-refractivity contribution in [3.05, 3.63) is 34.9 Å². The first-order chi connectivity index (χ1) is 8.65. The standard InChI is InChI=1S/C16H22O2/c1-12-5-6-14(10-13(12)2)11-15(17)7-8-16-4-3-9-18-16/h5-6,10,16H,3-4,7-9,11H2,1-2H3. The van der Waals surface area contributed by atoms with E-state index in [1.807, 2.05) is 0 Å². The van der Waals surface area contributed by atoms with Crippen molar-refractivity contribution >= 4 is 5.78 Å². The fraction of sp³-hybridized carbons (Fsp3) is 0.562. The summed E-state index contributed by atoms with van der Waals surface area (Å²) in [4.78, 5) is 11.9. The summed E-state index contributed by atoms with van der Waals surface area (Å²) < 4.78 is 5.54. The molecule has 2 rings (SSSR count). The zero-order valence-electron chi connectivity index (χ0n) is 11.4. The Balaban J connectivity index is 1.80. The summed E-state index contributed by atoms with van der Waals surface area (Å²) in [6, 6.07) is 6.28. The van der Waals surface area contributed by atoms with Gasteiger partial charge in [0, 0.05) is 19.4 Å². The second-order valence-electron chi connectivity index (χ2n) is 5.31. The van der Waals surface area contributed by atoms with Gasteiger partial charge in [0.05, 0.1) is 6.10 Å². The van der Waals surface area contributed by atoms with Gasteiger partial charge in [0.1, 0.15) is 5.78 Å². The second-order valence-corrected chi connectivity index (χ2v) is 5.31. The normalized spacial score (nSPS) is 19.1. The van der Waals surface area contributed by atoms with Crippen LogP contribution in [0.5, 0.6) is 0 Å². The number of Topliss-reactive ketones (excluding diaryl/α,β-unsaturated/α-hetero) is 1. The molecule has 0 spiro atoms. The first kappa shape index (κ1) is 13.3. The Hall–Kier alpha value is -1.15. The Morgan fingerprint density at radius 2 is 2.17 bits per heavy atom. The van der Waals surface area contributed by atoms with Crippen LogP contribution in [0.15, 0.2) is 18.2 Å². The van der Waals surface area contributed by atoms with Crippen molar-refractivity contribution in [1.29, 1.82) is 0 Å². The highest BCUT2D eigenvalue weighted by atomic mass is 16.5. The van der Waals surface area contributed by atoms with E-state index in [9.17, 15) is 4.79 Å². The van der Waals surface area contributed by atoms with Crippen molar-refractivity contribution in [3.63, 3.8) is 0 Å². The fourth-order valence-corrected chi connectivity index (χ4v) is 2.42. The minimum absolute atomic E-state index is 0.328. The van der Waals surface area contributed by atoms with Crippen LogP contribution in [-0.4, -0.2) is 18.5 Å². The number of rotatable bonds is 5. The molecule has 1 unspecified atom stereocenters. The van der Waals surface area contributed by atoms with Gasteiger partial charge in [-0.1, -0.05) is 18.2 Å². The average molecular weight is 246 g/mol. The number of aryl methyl sites for hydroxylation is 2. The zero-order chi connectivity index (χ0) is 13.0. The first-order valence-corrected chi connectivity index (χ1v) is 6.84. The number of carbonyl (C=O) groups excluding carboxylic acids is 1. The average Bonchev–Trinajstić information content (AvgIpc) is 2.84. The summed E-state index contributed by atoms with van der Waals surface area (Å²) in [5, 5.41) is 0. The van der Waals surface area contributed by atoms with Gasteiger partial charge in [-0.25, -0.2) is 0 Å². The van der Waals surface area contributed by atoms with E-state index in [0.29, 0.717) is 24.7 Å². The van der Waals surface area contributed by atoms with E-state index in [-0.39, 0.29) is 0 Å². The largest absolute Gasteiger partial charge is 0.378 e. The Kier molecular flexibility index (Phi) is 4.54. The van der Waals surface area contributed by atoms with Gasteiger partial charge in [-0.05, 0) is 49.8 Å². The maximum atomic E-state index is 11.9. The molecule has 1 heterocycles.